The van der Waals surface area contributed by atoms with Crippen LogP contribution >= 0.6 is 0 Å². The second-order valence-corrected chi connectivity index (χ2v) is 10.3. The van der Waals surface area contributed by atoms with Crippen molar-refractivity contribution in [3.05, 3.63) is 47.0 Å². The number of methoxy groups -OCH3 is 3. The molecule has 2 unspecified atom stereocenters. The van der Waals surface area contributed by atoms with E-state index in [1.165, 1.54) is 7.11 Å². The van der Waals surface area contributed by atoms with Crippen LogP contribution in [0.4, 0.5) is 0 Å². The van der Waals surface area contributed by atoms with Crippen LogP contribution in [0.5, 0.6) is 23.0 Å². The number of benzene rings is 2. The van der Waals surface area contributed by atoms with Gasteiger partial charge in [-0.1, -0.05) is 6.07 Å². The number of phenols is 1. The van der Waals surface area contributed by atoms with E-state index < -0.39 is 42.5 Å². The minimum atomic E-state index is -1.62. The Balaban J connectivity index is 1.66. The van der Waals surface area contributed by atoms with Crippen molar-refractivity contribution in [1.82, 2.24) is 0 Å². The van der Waals surface area contributed by atoms with Crippen molar-refractivity contribution in [2.45, 2.75) is 50.3 Å². The van der Waals surface area contributed by atoms with Gasteiger partial charge in [-0.25, -0.2) is 0 Å². The second kappa shape index (κ2) is 11.6. The van der Waals surface area contributed by atoms with Crippen molar-refractivity contribution < 1.29 is 54.0 Å². The molecule has 2 saturated heterocycles. The van der Waals surface area contributed by atoms with Crippen LogP contribution in [0.15, 0.2) is 30.3 Å². The van der Waals surface area contributed by atoms with E-state index in [4.69, 9.17) is 23.7 Å². The minimum absolute atomic E-state index is 0.0749. The molecule has 11 nitrogen and oxygen atoms in total. The number of rotatable bonds is 9. The van der Waals surface area contributed by atoms with E-state index in [1.54, 1.807) is 32.4 Å². The van der Waals surface area contributed by atoms with Gasteiger partial charge in [-0.05, 0) is 55.2 Å². The normalized spacial score (nSPS) is 30.6. The molecular weight excluding hydrogens is 512 g/mol. The highest BCUT2D eigenvalue weighted by Gasteiger charge is 2.49. The molecule has 2 fully saturated rings. The van der Waals surface area contributed by atoms with Crippen LogP contribution in [0, 0.1) is 11.3 Å². The summed E-state index contributed by atoms with van der Waals surface area (Å²) in [5.41, 5.74) is 0.678. The van der Waals surface area contributed by atoms with Crippen LogP contribution in [0.1, 0.15) is 29.7 Å². The lowest BCUT2D eigenvalue weighted by molar-refractivity contribution is -0.232. The number of cyclic esters (lactones) is 1. The maximum absolute atomic E-state index is 13.0. The zero-order valence-electron chi connectivity index (χ0n) is 22.4. The quantitative estimate of drug-likeness (QED) is 0.283. The zero-order chi connectivity index (χ0) is 28.5. The van der Waals surface area contributed by atoms with Crippen molar-refractivity contribution in [3.63, 3.8) is 0 Å². The molecule has 11 heteroatoms. The van der Waals surface area contributed by atoms with Crippen LogP contribution in [-0.2, 0) is 27.1 Å². The van der Waals surface area contributed by atoms with Crippen molar-refractivity contribution in [2.75, 3.05) is 34.5 Å². The van der Waals surface area contributed by atoms with Gasteiger partial charge in [-0.2, -0.15) is 0 Å². The van der Waals surface area contributed by atoms with E-state index in [0.717, 1.165) is 5.56 Å². The summed E-state index contributed by atoms with van der Waals surface area (Å²) >= 11 is 0. The van der Waals surface area contributed by atoms with Gasteiger partial charge in [0.15, 0.2) is 23.0 Å². The number of hydrogen-bond donors (Lipinski definition) is 5. The summed E-state index contributed by atoms with van der Waals surface area (Å²) < 4.78 is 27.3. The van der Waals surface area contributed by atoms with E-state index in [0.29, 0.717) is 23.5 Å². The van der Waals surface area contributed by atoms with Gasteiger partial charge in [0, 0.05) is 11.5 Å². The number of hydrogen-bond acceptors (Lipinski definition) is 11. The molecule has 0 saturated carbocycles. The number of esters is 1. The van der Waals surface area contributed by atoms with Gasteiger partial charge in [0.1, 0.15) is 30.5 Å². The molecule has 0 amide bonds. The third kappa shape index (κ3) is 5.37. The standard InChI is InChI=1S/C28H36O11/c1-28(16(13-38-27(28)34)7-14-5-6-18(35-2)19(9-14)36-3)11-15-8-17(22(30)20(10-15)37-4)26-25(33)24(32)23(31)21(12-29)39-26/h5-6,8-10,16,21,23-26,29-33H,7,11-13H2,1-4H3/t16?,21-,23-,24+,25-,26+,28?/m1/s1. The molecule has 0 bridgehead atoms. The minimum Gasteiger partial charge on any atom is -0.504 e. The predicted molar refractivity (Wildman–Crippen MR) is 137 cm³/mol. The molecule has 2 aromatic rings. The Bertz CT molecular complexity index is 1180. The summed E-state index contributed by atoms with van der Waals surface area (Å²) in [5.74, 6) is 0.361. The molecule has 0 aliphatic carbocycles. The third-order valence-corrected chi connectivity index (χ3v) is 7.87. The van der Waals surface area contributed by atoms with Gasteiger partial charge in [0.25, 0.3) is 0 Å². The number of ether oxygens (including phenoxy) is 5. The van der Waals surface area contributed by atoms with E-state index in [9.17, 15) is 30.3 Å². The van der Waals surface area contributed by atoms with E-state index in [1.807, 2.05) is 19.1 Å². The third-order valence-electron chi connectivity index (χ3n) is 7.87. The number of aliphatic hydroxyl groups is 4. The average molecular weight is 549 g/mol. The number of aliphatic hydroxyl groups excluding tert-OH is 4. The smallest absolute Gasteiger partial charge is 0.312 e. The second-order valence-electron chi connectivity index (χ2n) is 10.3. The first-order chi connectivity index (χ1) is 18.6. The molecule has 0 spiro atoms. The van der Waals surface area contributed by atoms with Crippen molar-refractivity contribution in [3.8, 4) is 23.0 Å². The molecular formula is C28H36O11. The van der Waals surface area contributed by atoms with Gasteiger partial charge in [0.2, 0.25) is 0 Å². The first-order valence-electron chi connectivity index (χ1n) is 12.7. The van der Waals surface area contributed by atoms with Crippen LogP contribution in [-0.4, -0.2) is 90.5 Å². The van der Waals surface area contributed by atoms with Gasteiger partial charge in [-0.3, -0.25) is 4.79 Å². The summed E-state index contributed by atoms with van der Waals surface area (Å²) in [6.07, 6.45) is -6.46. The van der Waals surface area contributed by atoms with Crippen molar-refractivity contribution in [2.24, 2.45) is 11.3 Å². The molecule has 39 heavy (non-hydrogen) atoms. The fraction of sp³-hybridized carbons (Fsp3) is 0.536. The van der Waals surface area contributed by atoms with Gasteiger partial charge in [0.05, 0.1) is 40.0 Å². The fourth-order valence-corrected chi connectivity index (χ4v) is 5.43. The Kier molecular flexibility index (Phi) is 8.57. The Morgan fingerprint density at radius 2 is 1.59 bits per heavy atom. The molecule has 5 N–H and O–H groups in total. The first-order valence-corrected chi connectivity index (χ1v) is 12.7. The van der Waals surface area contributed by atoms with Crippen LogP contribution < -0.4 is 14.2 Å². The Morgan fingerprint density at radius 1 is 0.923 bits per heavy atom. The van der Waals surface area contributed by atoms with Crippen molar-refractivity contribution in [1.29, 1.82) is 0 Å². The first kappa shape index (κ1) is 28.9. The SMILES string of the molecule is COc1ccc(CC2COC(=O)C2(C)Cc2cc(OC)c(O)c([C@@H]3O[C@H](CO)[C@@H](O)[C@H](O)[C@H]3O)c2)cc1OC. The molecule has 0 radical (unpaired) electrons. The lowest BCUT2D eigenvalue weighted by atomic mass is 9.72. The number of carbonyl (C=O) groups excluding carboxylic acids is 1. The van der Waals surface area contributed by atoms with Crippen LogP contribution in [0.2, 0.25) is 0 Å². The lowest BCUT2D eigenvalue weighted by Crippen LogP contribution is -2.55. The average Bonchev–Trinajstić information content (AvgIpc) is 3.20. The van der Waals surface area contributed by atoms with E-state index in [2.05, 4.69) is 0 Å². The highest BCUT2D eigenvalue weighted by atomic mass is 16.6. The number of phenolic OH excluding ortho intramolecular Hbond substituents is 1. The van der Waals surface area contributed by atoms with E-state index >= 15 is 0 Å². The molecule has 214 valence electrons. The molecule has 2 heterocycles. The Morgan fingerprint density at radius 3 is 2.23 bits per heavy atom. The summed E-state index contributed by atoms with van der Waals surface area (Å²) in [5, 5.41) is 51.6. The molecule has 2 aromatic carbocycles. The Labute approximate surface area is 226 Å². The fourth-order valence-electron chi connectivity index (χ4n) is 5.43. The van der Waals surface area contributed by atoms with Gasteiger partial charge < -0.3 is 49.2 Å². The molecule has 0 aromatic heterocycles. The van der Waals surface area contributed by atoms with Crippen LogP contribution in [0.3, 0.4) is 0 Å². The summed E-state index contributed by atoms with van der Waals surface area (Å²) in [7, 11) is 4.48. The number of carbonyl (C=O) groups is 1. The monoisotopic (exact) mass is 548 g/mol. The molecule has 7 atom stereocenters. The van der Waals surface area contributed by atoms with Crippen LogP contribution in [0.25, 0.3) is 0 Å². The highest BCUT2D eigenvalue weighted by molar-refractivity contribution is 5.79. The zero-order valence-corrected chi connectivity index (χ0v) is 22.4. The lowest BCUT2D eigenvalue weighted by Gasteiger charge is -2.40. The maximum atomic E-state index is 13.0. The predicted octanol–water partition coefficient (Wildman–Crippen LogP) is 0.897. The largest absolute Gasteiger partial charge is 0.504 e. The molecule has 2 aliphatic heterocycles. The topological polar surface area (TPSA) is 164 Å². The highest BCUT2D eigenvalue weighted by Crippen LogP contribution is 2.45. The van der Waals surface area contributed by atoms with E-state index in [-0.39, 0.29) is 42.0 Å². The maximum Gasteiger partial charge on any atom is 0.312 e. The Hall–Kier alpha value is -3.09. The molecule has 2 aliphatic rings. The van der Waals surface area contributed by atoms with Gasteiger partial charge >= 0.3 is 5.97 Å². The van der Waals surface area contributed by atoms with Crippen molar-refractivity contribution >= 4 is 5.97 Å². The summed E-state index contributed by atoms with van der Waals surface area (Å²) in [4.78, 5) is 13.0. The van der Waals surface area contributed by atoms with Gasteiger partial charge in [-0.15, -0.1) is 0 Å². The number of aromatic hydroxyl groups is 1. The summed E-state index contributed by atoms with van der Waals surface area (Å²) in [6, 6.07) is 8.73. The molecule has 4 rings (SSSR count). The summed E-state index contributed by atoms with van der Waals surface area (Å²) in [6.45, 7) is 1.43.